The zero-order chi connectivity index (χ0) is 9.90. The lowest BCUT2D eigenvalue weighted by Gasteiger charge is -2.18. The number of hydrogen-bond acceptors (Lipinski definition) is 2. The third-order valence-corrected chi connectivity index (χ3v) is 1.91. The van der Waals surface area contributed by atoms with Gasteiger partial charge in [0, 0.05) is 0 Å². The summed E-state index contributed by atoms with van der Waals surface area (Å²) in [5.41, 5.74) is 1.40. The van der Waals surface area contributed by atoms with Gasteiger partial charge in [0.05, 0.1) is 5.75 Å². The molecule has 2 nitrogen and oxygen atoms in total. The zero-order valence-corrected chi connectivity index (χ0v) is 8.24. The van der Waals surface area contributed by atoms with Crippen LogP contribution in [0, 0.1) is 0 Å². The second-order valence-corrected chi connectivity index (χ2v) is 4.00. The molecule has 0 aliphatic rings. The minimum Gasteiger partial charge on any atom is -0.537 e. The van der Waals surface area contributed by atoms with Gasteiger partial charge in [0.25, 0.3) is 0 Å². The molecule has 0 bridgehead atoms. The normalized spacial score (nSPS) is 11.1. The van der Waals surface area contributed by atoms with Crippen LogP contribution in [-0.4, -0.2) is 12.7 Å². The summed E-state index contributed by atoms with van der Waals surface area (Å²) in [5, 5.41) is 8.40. The zero-order valence-electron chi connectivity index (χ0n) is 8.24. The molecule has 0 aromatic heterocycles. The van der Waals surface area contributed by atoms with E-state index in [2.05, 4.69) is 20.8 Å². The van der Waals surface area contributed by atoms with E-state index in [1.807, 2.05) is 24.3 Å². The van der Waals surface area contributed by atoms with E-state index in [4.69, 9.17) is 9.68 Å². The lowest BCUT2D eigenvalue weighted by atomic mass is 9.87. The molecule has 69 valence electrons. The fourth-order valence-corrected chi connectivity index (χ4v) is 1.09. The maximum atomic E-state index is 8.40. The van der Waals surface area contributed by atoms with Gasteiger partial charge in [0.1, 0.15) is 0 Å². The third kappa shape index (κ3) is 2.78. The molecule has 0 fully saturated rings. The average Bonchev–Trinajstić information content (AvgIpc) is 2.04. The summed E-state index contributed by atoms with van der Waals surface area (Å²) in [4.78, 5) is 0. The van der Waals surface area contributed by atoms with Gasteiger partial charge in [0.15, 0.2) is 0 Å². The second kappa shape index (κ2) is 3.84. The number of rotatable bonds is 2. The monoisotopic (exact) mass is 177 g/mol. The van der Waals surface area contributed by atoms with E-state index < -0.39 is 0 Å². The van der Waals surface area contributed by atoms with E-state index >= 15 is 0 Å². The Morgan fingerprint density at radius 1 is 1.15 bits per heavy atom. The van der Waals surface area contributed by atoms with Gasteiger partial charge in [0.2, 0.25) is 0 Å². The van der Waals surface area contributed by atoms with Crippen LogP contribution < -0.4 is 4.65 Å². The van der Waals surface area contributed by atoms with Crippen molar-refractivity contribution in [2.24, 2.45) is 0 Å². The van der Waals surface area contributed by atoms with Gasteiger partial charge in [-0.1, -0.05) is 32.9 Å². The van der Waals surface area contributed by atoms with Gasteiger partial charge >= 0.3 is 7.69 Å². The van der Waals surface area contributed by atoms with Crippen LogP contribution in [0.3, 0.4) is 0 Å². The lowest BCUT2D eigenvalue weighted by Crippen LogP contribution is -2.10. The SMILES string of the molecule is CC(C)(C)c1ccc(O[B]O)cc1. The molecule has 0 amide bonds. The molecular formula is C10H14BO2. The van der Waals surface area contributed by atoms with Crippen molar-refractivity contribution in [3.63, 3.8) is 0 Å². The summed E-state index contributed by atoms with van der Waals surface area (Å²) in [6, 6.07) is 7.68. The number of hydrogen-bond donors (Lipinski definition) is 1. The Balaban J connectivity index is 2.81. The molecule has 0 saturated carbocycles. The molecule has 0 heterocycles. The maximum absolute atomic E-state index is 8.40. The number of benzene rings is 1. The first-order chi connectivity index (χ1) is 6.04. The Bertz CT molecular complexity index is 261. The Morgan fingerprint density at radius 3 is 2.08 bits per heavy atom. The van der Waals surface area contributed by atoms with Crippen LogP contribution in [-0.2, 0) is 5.41 Å². The predicted octanol–water partition coefficient (Wildman–Crippen LogP) is 1.89. The highest BCUT2D eigenvalue weighted by atomic mass is 16.5. The molecule has 1 N–H and O–H groups in total. The van der Waals surface area contributed by atoms with Crippen molar-refractivity contribution in [2.75, 3.05) is 0 Å². The Labute approximate surface area is 79.9 Å². The third-order valence-electron chi connectivity index (χ3n) is 1.91. The Kier molecular flexibility index (Phi) is 2.99. The summed E-state index contributed by atoms with van der Waals surface area (Å²) in [7, 11) is 0.687. The van der Waals surface area contributed by atoms with Crippen molar-refractivity contribution in [3.8, 4) is 5.75 Å². The molecule has 0 atom stereocenters. The van der Waals surface area contributed by atoms with Gasteiger partial charge in [-0.05, 0) is 23.1 Å². The molecule has 0 spiro atoms. The van der Waals surface area contributed by atoms with Crippen molar-refractivity contribution in [3.05, 3.63) is 29.8 Å². The summed E-state index contributed by atoms with van der Waals surface area (Å²) >= 11 is 0. The molecule has 3 heteroatoms. The van der Waals surface area contributed by atoms with E-state index in [9.17, 15) is 0 Å². The summed E-state index contributed by atoms with van der Waals surface area (Å²) in [5.74, 6) is 0.649. The highest BCUT2D eigenvalue weighted by molar-refractivity contribution is 6.17. The minimum atomic E-state index is 0.154. The van der Waals surface area contributed by atoms with Crippen LogP contribution in [0.4, 0.5) is 0 Å². The van der Waals surface area contributed by atoms with Crippen LogP contribution in [0.2, 0.25) is 0 Å². The van der Waals surface area contributed by atoms with Gasteiger partial charge in [-0.2, -0.15) is 0 Å². The van der Waals surface area contributed by atoms with E-state index in [0.29, 0.717) is 13.4 Å². The van der Waals surface area contributed by atoms with E-state index in [1.165, 1.54) is 5.56 Å². The largest absolute Gasteiger partial charge is 0.569 e. The molecule has 0 unspecified atom stereocenters. The summed E-state index contributed by atoms with van der Waals surface area (Å²) < 4.78 is 4.80. The van der Waals surface area contributed by atoms with Crippen LogP contribution in [0.5, 0.6) is 5.75 Å². The fraction of sp³-hybridized carbons (Fsp3) is 0.400. The van der Waals surface area contributed by atoms with Crippen LogP contribution in [0.25, 0.3) is 0 Å². The summed E-state index contributed by atoms with van der Waals surface area (Å²) in [6.45, 7) is 6.46. The van der Waals surface area contributed by atoms with Gasteiger partial charge in [-0.3, -0.25) is 0 Å². The van der Waals surface area contributed by atoms with Crippen molar-refractivity contribution in [1.29, 1.82) is 0 Å². The van der Waals surface area contributed by atoms with Gasteiger partial charge < -0.3 is 9.68 Å². The molecule has 0 saturated heterocycles. The minimum absolute atomic E-state index is 0.154. The molecule has 0 aliphatic heterocycles. The smallest absolute Gasteiger partial charge is 0.537 e. The molecule has 1 aromatic rings. The topological polar surface area (TPSA) is 29.5 Å². The standard InChI is InChI=1S/C10H14BO2/c1-10(2,3)8-4-6-9(7-5-8)13-11-12/h4-7,12H,1-3H3. The first-order valence-corrected chi connectivity index (χ1v) is 4.27. The van der Waals surface area contributed by atoms with Gasteiger partial charge in [-0.15, -0.1) is 0 Å². The van der Waals surface area contributed by atoms with Crippen LogP contribution in [0.1, 0.15) is 26.3 Å². The quantitative estimate of drug-likeness (QED) is 0.699. The lowest BCUT2D eigenvalue weighted by molar-refractivity contribution is 0.453. The van der Waals surface area contributed by atoms with Crippen molar-refractivity contribution < 1.29 is 9.68 Å². The molecule has 13 heavy (non-hydrogen) atoms. The van der Waals surface area contributed by atoms with Crippen LogP contribution >= 0.6 is 0 Å². The van der Waals surface area contributed by atoms with Crippen molar-refractivity contribution >= 4 is 7.69 Å². The average molecular weight is 177 g/mol. The van der Waals surface area contributed by atoms with Crippen molar-refractivity contribution in [2.45, 2.75) is 26.2 Å². The van der Waals surface area contributed by atoms with E-state index in [-0.39, 0.29) is 5.41 Å². The fourth-order valence-electron chi connectivity index (χ4n) is 1.09. The van der Waals surface area contributed by atoms with Crippen LogP contribution in [0.15, 0.2) is 24.3 Å². The Morgan fingerprint density at radius 2 is 1.69 bits per heavy atom. The first-order valence-electron chi connectivity index (χ1n) is 4.27. The molecule has 1 rings (SSSR count). The Hall–Kier alpha value is -0.955. The van der Waals surface area contributed by atoms with Crippen molar-refractivity contribution in [1.82, 2.24) is 0 Å². The van der Waals surface area contributed by atoms with E-state index in [1.54, 1.807) is 0 Å². The molecule has 0 aliphatic carbocycles. The molecular weight excluding hydrogens is 163 g/mol. The maximum Gasteiger partial charge on any atom is 0.569 e. The van der Waals surface area contributed by atoms with E-state index in [0.717, 1.165) is 0 Å². The molecule has 1 aromatic carbocycles. The first kappa shape index (κ1) is 10.1. The highest BCUT2D eigenvalue weighted by Gasteiger charge is 2.12. The predicted molar refractivity (Wildman–Crippen MR) is 53.7 cm³/mol. The molecule has 1 radical (unpaired) electrons. The highest BCUT2D eigenvalue weighted by Crippen LogP contribution is 2.23. The summed E-state index contributed by atoms with van der Waals surface area (Å²) in [6.07, 6.45) is 0. The second-order valence-electron chi connectivity index (χ2n) is 4.00. The van der Waals surface area contributed by atoms with Gasteiger partial charge in [-0.25, -0.2) is 0 Å².